The fraction of sp³-hybridized carbons (Fsp3) is 0.0833. The predicted octanol–water partition coefficient (Wildman–Crippen LogP) is 4.53. The Morgan fingerprint density at radius 1 is 0.467 bits per heavy atom. The van der Waals surface area contributed by atoms with Gasteiger partial charge < -0.3 is 9.47 Å². The third kappa shape index (κ3) is 5.05. The summed E-state index contributed by atoms with van der Waals surface area (Å²) in [6, 6.07) is 18.3. The summed E-state index contributed by atoms with van der Waals surface area (Å²) in [5.74, 6) is -0.748. The number of ketones is 2. The second-order valence-electron chi connectivity index (χ2n) is 6.52. The molecule has 6 nitrogen and oxygen atoms in total. The zero-order valence-electron chi connectivity index (χ0n) is 16.4. The molecule has 3 aromatic carbocycles. The summed E-state index contributed by atoms with van der Waals surface area (Å²) in [5, 5.41) is 0. The molecule has 3 rings (SSSR count). The average molecular weight is 402 g/mol. The average Bonchev–Trinajstić information content (AvgIpc) is 2.74. The summed E-state index contributed by atoms with van der Waals surface area (Å²) in [6.45, 7) is 2.90. The smallest absolute Gasteiger partial charge is 0.343 e. The number of rotatable bonds is 6. The zero-order valence-corrected chi connectivity index (χ0v) is 16.4. The van der Waals surface area contributed by atoms with Gasteiger partial charge in [0.15, 0.2) is 11.6 Å². The minimum atomic E-state index is -0.580. The zero-order chi connectivity index (χ0) is 21.7. The van der Waals surface area contributed by atoms with Crippen LogP contribution in [0.4, 0.5) is 0 Å². The molecule has 6 heteroatoms. The van der Waals surface area contributed by atoms with E-state index in [9.17, 15) is 19.2 Å². The molecule has 30 heavy (non-hydrogen) atoms. The summed E-state index contributed by atoms with van der Waals surface area (Å²) in [7, 11) is 0. The SMILES string of the molecule is CC(=O)c1ccc(OC(=O)c2ccc(OC(=O)c3ccc(C(C)=O)cc3)cc2)cc1. The first-order valence-electron chi connectivity index (χ1n) is 9.10. The molecule has 0 saturated carbocycles. The Morgan fingerprint density at radius 3 is 1.07 bits per heavy atom. The van der Waals surface area contributed by atoms with E-state index in [1.807, 2.05) is 0 Å². The maximum Gasteiger partial charge on any atom is 0.343 e. The molecule has 3 aromatic rings. The van der Waals surface area contributed by atoms with E-state index in [0.29, 0.717) is 22.4 Å². The Kier molecular flexibility index (Phi) is 6.17. The summed E-state index contributed by atoms with van der Waals surface area (Å²) < 4.78 is 10.6. The highest BCUT2D eigenvalue weighted by Gasteiger charge is 2.12. The van der Waals surface area contributed by atoms with Gasteiger partial charge >= 0.3 is 11.9 Å². The standard InChI is InChI=1S/C24H18O6/c1-15(25)17-3-5-19(6-4-17)23(27)30-22-13-9-20(10-14-22)24(28)29-21-11-7-18(8-12-21)16(2)26/h3-14H,1-2H3. The van der Waals surface area contributed by atoms with Crippen molar-refractivity contribution >= 4 is 23.5 Å². The lowest BCUT2D eigenvalue weighted by Crippen LogP contribution is -2.10. The summed E-state index contributed by atoms with van der Waals surface area (Å²) in [4.78, 5) is 47.0. The molecule has 0 heterocycles. The van der Waals surface area contributed by atoms with Crippen LogP contribution < -0.4 is 9.47 Å². The number of benzene rings is 3. The van der Waals surface area contributed by atoms with Crippen molar-refractivity contribution in [2.75, 3.05) is 0 Å². The fourth-order valence-electron chi connectivity index (χ4n) is 2.59. The van der Waals surface area contributed by atoms with Crippen molar-refractivity contribution in [1.29, 1.82) is 0 Å². The largest absolute Gasteiger partial charge is 0.423 e. The van der Waals surface area contributed by atoms with E-state index in [0.717, 1.165) is 0 Å². The van der Waals surface area contributed by atoms with Crippen molar-refractivity contribution in [1.82, 2.24) is 0 Å². The van der Waals surface area contributed by atoms with Crippen molar-refractivity contribution in [2.45, 2.75) is 13.8 Å². The van der Waals surface area contributed by atoms with E-state index in [2.05, 4.69) is 0 Å². The van der Waals surface area contributed by atoms with Crippen molar-refractivity contribution in [3.63, 3.8) is 0 Å². The monoisotopic (exact) mass is 402 g/mol. The molecule has 150 valence electrons. The maximum atomic E-state index is 12.3. The first-order valence-corrected chi connectivity index (χ1v) is 9.10. The van der Waals surface area contributed by atoms with Crippen LogP contribution in [0, 0.1) is 0 Å². The molecule has 0 fully saturated rings. The number of hydrogen-bond acceptors (Lipinski definition) is 6. The quantitative estimate of drug-likeness (QED) is 0.342. The highest BCUT2D eigenvalue weighted by atomic mass is 16.5. The summed E-state index contributed by atoms with van der Waals surface area (Å²) in [5.41, 5.74) is 1.61. The Hall–Kier alpha value is -4.06. The molecule has 0 saturated heterocycles. The van der Waals surface area contributed by atoms with E-state index < -0.39 is 11.9 Å². The molecular formula is C24H18O6. The van der Waals surface area contributed by atoms with E-state index in [1.54, 1.807) is 36.4 Å². The van der Waals surface area contributed by atoms with Gasteiger partial charge in [0, 0.05) is 11.1 Å². The molecule has 0 atom stereocenters. The van der Waals surface area contributed by atoms with Crippen LogP contribution >= 0.6 is 0 Å². The van der Waals surface area contributed by atoms with Crippen LogP contribution in [-0.4, -0.2) is 23.5 Å². The molecule has 0 bridgehead atoms. The van der Waals surface area contributed by atoms with Gasteiger partial charge in [0.2, 0.25) is 0 Å². The van der Waals surface area contributed by atoms with Crippen LogP contribution in [0.25, 0.3) is 0 Å². The van der Waals surface area contributed by atoms with Crippen LogP contribution in [-0.2, 0) is 0 Å². The lowest BCUT2D eigenvalue weighted by Gasteiger charge is -2.07. The topological polar surface area (TPSA) is 86.7 Å². The fourth-order valence-corrected chi connectivity index (χ4v) is 2.59. The molecule has 0 aromatic heterocycles. The van der Waals surface area contributed by atoms with Crippen LogP contribution in [0.15, 0.2) is 72.8 Å². The normalized spacial score (nSPS) is 10.2. The molecule has 0 aliphatic rings. The van der Waals surface area contributed by atoms with Gasteiger partial charge in [-0.1, -0.05) is 12.1 Å². The Labute approximate surface area is 173 Å². The van der Waals surface area contributed by atoms with E-state index in [1.165, 1.54) is 50.2 Å². The van der Waals surface area contributed by atoms with Gasteiger partial charge in [0.25, 0.3) is 0 Å². The van der Waals surface area contributed by atoms with E-state index >= 15 is 0 Å². The highest BCUT2D eigenvalue weighted by Crippen LogP contribution is 2.18. The number of ether oxygens (including phenoxy) is 2. The molecule has 0 spiro atoms. The van der Waals surface area contributed by atoms with Crippen molar-refractivity contribution in [3.05, 3.63) is 95.1 Å². The van der Waals surface area contributed by atoms with Gasteiger partial charge in [-0.15, -0.1) is 0 Å². The predicted molar refractivity (Wildman–Crippen MR) is 109 cm³/mol. The molecule has 0 amide bonds. The van der Waals surface area contributed by atoms with Crippen LogP contribution in [0.1, 0.15) is 55.3 Å². The Balaban J connectivity index is 1.62. The third-order valence-corrected chi connectivity index (χ3v) is 4.30. The lowest BCUT2D eigenvalue weighted by molar-refractivity contribution is 0.0730. The minimum absolute atomic E-state index is 0.0761. The van der Waals surface area contributed by atoms with E-state index in [-0.39, 0.29) is 22.9 Å². The van der Waals surface area contributed by atoms with Crippen LogP contribution in [0.5, 0.6) is 11.5 Å². The number of esters is 2. The Morgan fingerprint density at radius 2 is 0.733 bits per heavy atom. The summed E-state index contributed by atoms with van der Waals surface area (Å²) >= 11 is 0. The molecule has 0 aliphatic carbocycles. The second-order valence-corrected chi connectivity index (χ2v) is 6.52. The van der Waals surface area contributed by atoms with Crippen molar-refractivity contribution in [2.24, 2.45) is 0 Å². The molecule has 0 radical (unpaired) electrons. The Bertz CT molecular complexity index is 1090. The second kappa shape index (κ2) is 8.96. The number of carbonyl (C=O) groups is 4. The van der Waals surface area contributed by atoms with Crippen LogP contribution in [0.3, 0.4) is 0 Å². The third-order valence-electron chi connectivity index (χ3n) is 4.30. The van der Waals surface area contributed by atoms with Crippen molar-refractivity contribution < 1.29 is 28.7 Å². The minimum Gasteiger partial charge on any atom is -0.423 e. The van der Waals surface area contributed by atoms with Gasteiger partial charge in [-0.3, -0.25) is 9.59 Å². The van der Waals surface area contributed by atoms with Crippen molar-refractivity contribution in [3.8, 4) is 11.5 Å². The van der Waals surface area contributed by atoms with E-state index in [4.69, 9.17) is 9.47 Å². The van der Waals surface area contributed by atoms with Gasteiger partial charge in [-0.25, -0.2) is 9.59 Å². The van der Waals surface area contributed by atoms with Gasteiger partial charge in [0.05, 0.1) is 11.1 Å². The first-order chi connectivity index (χ1) is 14.3. The van der Waals surface area contributed by atoms with Gasteiger partial charge in [-0.05, 0) is 74.5 Å². The van der Waals surface area contributed by atoms with Gasteiger partial charge in [-0.2, -0.15) is 0 Å². The molecular weight excluding hydrogens is 384 g/mol. The number of hydrogen-bond donors (Lipinski definition) is 0. The highest BCUT2D eigenvalue weighted by molar-refractivity contribution is 5.97. The number of Topliss-reactive ketones (excluding diaryl/α,β-unsaturated/α-hetero) is 2. The van der Waals surface area contributed by atoms with Crippen LogP contribution in [0.2, 0.25) is 0 Å². The first kappa shape index (κ1) is 20.7. The molecule has 0 aliphatic heterocycles. The van der Waals surface area contributed by atoms with Gasteiger partial charge in [0.1, 0.15) is 11.5 Å². The maximum absolute atomic E-state index is 12.3. The lowest BCUT2D eigenvalue weighted by atomic mass is 10.1. The molecule has 0 unspecified atom stereocenters. The molecule has 0 N–H and O–H groups in total. The summed E-state index contributed by atoms with van der Waals surface area (Å²) in [6.07, 6.45) is 0. The number of carbonyl (C=O) groups excluding carboxylic acids is 4.